The molecule has 1 fully saturated rings. The van der Waals surface area contributed by atoms with Gasteiger partial charge in [0.2, 0.25) is 0 Å². The summed E-state index contributed by atoms with van der Waals surface area (Å²) in [6.45, 7) is -0.577. The van der Waals surface area contributed by atoms with Crippen molar-refractivity contribution in [3.05, 3.63) is 0 Å². The van der Waals surface area contributed by atoms with E-state index in [-0.39, 0.29) is 5.04 Å². The highest BCUT2D eigenvalue weighted by Gasteiger charge is 2.44. The molecule has 0 aromatic carbocycles. The van der Waals surface area contributed by atoms with E-state index in [1.165, 1.54) is 6.42 Å². The first-order valence-electron chi connectivity index (χ1n) is 9.38. The minimum atomic E-state index is -4.79. The van der Waals surface area contributed by atoms with Gasteiger partial charge in [0.25, 0.3) is 0 Å². The van der Waals surface area contributed by atoms with Crippen molar-refractivity contribution in [2.45, 2.75) is 74.8 Å². The molecule has 0 spiro atoms. The zero-order valence-corrected chi connectivity index (χ0v) is 18.7. The third-order valence-electron chi connectivity index (χ3n) is 4.32. The summed E-state index contributed by atoms with van der Waals surface area (Å²) in [6, 6.07) is 0. The van der Waals surface area contributed by atoms with Crippen molar-refractivity contribution in [2.75, 3.05) is 18.6 Å². The van der Waals surface area contributed by atoms with Crippen LogP contribution in [0.3, 0.4) is 0 Å². The van der Waals surface area contributed by atoms with Crippen molar-refractivity contribution in [3.8, 4) is 0 Å². The number of ether oxygens (including phenoxy) is 1. The van der Waals surface area contributed by atoms with E-state index in [2.05, 4.69) is 15.7 Å². The molecule has 13 heteroatoms. The molecule has 5 N–H and O–H groups in total. The number of aliphatic hydroxyl groups excluding tert-OH is 4. The Labute approximate surface area is 180 Å². The zero-order valence-electron chi connectivity index (χ0n) is 16.3. The van der Waals surface area contributed by atoms with Crippen molar-refractivity contribution >= 4 is 39.0 Å². The van der Waals surface area contributed by atoms with Crippen LogP contribution in [0, 0.1) is 0 Å². The minimum Gasteiger partial charge on any atom is -0.394 e. The predicted octanol–water partition coefficient (Wildman–Crippen LogP) is 0.746. The van der Waals surface area contributed by atoms with Crippen LogP contribution in [-0.4, -0.2) is 86.9 Å². The van der Waals surface area contributed by atoms with Crippen molar-refractivity contribution in [1.29, 1.82) is 0 Å². The van der Waals surface area contributed by atoms with Gasteiger partial charge in [-0.05, 0) is 31.3 Å². The number of hydrogen-bond donors (Lipinski definition) is 5. The van der Waals surface area contributed by atoms with Crippen LogP contribution in [0.4, 0.5) is 0 Å². The Morgan fingerprint density at radius 1 is 1.03 bits per heavy atom. The SMILES string of the molecule is CSCCCCCCCC/C(=N\OS(=O)(=O)O)S[C@H]1O[C@@H](CO)[C@H](O)[C@H](O)[C@@H]1O. The van der Waals surface area contributed by atoms with Gasteiger partial charge in [-0.2, -0.15) is 20.2 Å². The predicted molar refractivity (Wildman–Crippen MR) is 112 cm³/mol. The molecule has 0 saturated carbocycles. The van der Waals surface area contributed by atoms with Crippen molar-refractivity contribution in [2.24, 2.45) is 5.16 Å². The van der Waals surface area contributed by atoms with E-state index < -0.39 is 46.9 Å². The molecule has 0 bridgehead atoms. The number of unbranched alkanes of at least 4 members (excludes halogenated alkanes) is 5. The molecule has 1 rings (SSSR count). The summed E-state index contributed by atoms with van der Waals surface area (Å²) in [6.07, 6.45) is 2.70. The Bertz CT molecular complexity index is 588. The zero-order chi connectivity index (χ0) is 21.9. The average Bonchev–Trinajstić information content (AvgIpc) is 2.67. The van der Waals surface area contributed by atoms with Gasteiger partial charge < -0.3 is 25.2 Å². The van der Waals surface area contributed by atoms with Gasteiger partial charge in [0.1, 0.15) is 34.9 Å². The molecule has 1 saturated heterocycles. The normalized spacial score (nSPS) is 28.5. The van der Waals surface area contributed by atoms with Crippen LogP contribution in [-0.2, 0) is 19.4 Å². The number of aliphatic hydroxyl groups is 4. The van der Waals surface area contributed by atoms with E-state index in [0.29, 0.717) is 12.8 Å². The summed E-state index contributed by atoms with van der Waals surface area (Å²) in [4.78, 5) is 0. The maximum absolute atomic E-state index is 10.8. The molecule has 10 nitrogen and oxygen atoms in total. The number of hydrogen-bond acceptors (Lipinski definition) is 11. The van der Waals surface area contributed by atoms with Crippen LogP contribution in [0.15, 0.2) is 5.16 Å². The van der Waals surface area contributed by atoms with Gasteiger partial charge in [0.05, 0.1) is 6.61 Å². The van der Waals surface area contributed by atoms with Crippen LogP contribution in [0.2, 0.25) is 0 Å². The highest BCUT2D eigenvalue weighted by Crippen LogP contribution is 2.30. The van der Waals surface area contributed by atoms with Gasteiger partial charge in [-0.1, -0.05) is 42.6 Å². The summed E-state index contributed by atoms with van der Waals surface area (Å²) >= 11 is 2.62. The Morgan fingerprint density at radius 3 is 2.24 bits per heavy atom. The third-order valence-corrected chi connectivity index (χ3v) is 6.46. The fraction of sp³-hybridized carbons (Fsp3) is 0.938. The van der Waals surface area contributed by atoms with Gasteiger partial charge in [-0.3, -0.25) is 4.55 Å². The monoisotopic (exact) mass is 477 g/mol. The molecule has 0 amide bonds. The molecule has 172 valence electrons. The number of rotatable bonds is 13. The molecule has 29 heavy (non-hydrogen) atoms. The first kappa shape index (κ1) is 26.9. The lowest BCUT2D eigenvalue weighted by atomic mass is 10.0. The molecule has 0 radical (unpaired) electrons. The summed E-state index contributed by atoms with van der Waals surface area (Å²) in [5, 5.41) is 42.6. The molecule has 0 aromatic heterocycles. The van der Waals surface area contributed by atoms with Crippen molar-refractivity contribution in [3.63, 3.8) is 0 Å². The Balaban J connectivity index is 2.61. The van der Waals surface area contributed by atoms with Gasteiger partial charge >= 0.3 is 10.4 Å². The quantitative estimate of drug-likeness (QED) is 0.0835. The lowest BCUT2D eigenvalue weighted by Crippen LogP contribution is -2.57. The topological polar surface area (TPSA) is 166 Å². The van der Waals surface area contributed by atoms with E-state index in [9.17, 15) is 28.8 Å². The molecular weight excluding hydrogens is 446 g/mol. The maximum atomic E-state index is 10.8. The Morgan fingerprint density at radius 2 is 1.66 bits per heavy atom. The van der Waals surface area contributed by atoms with Gasteiger partial charge in [0.15, 0.2) is 0 Å². The largest absolute Gasteiger partial charge is 0.466 e. The summed E-state index contributed by atoms with van der Waals surface area (Å²) in [7, 11) is -4.79. The molecule has 5 atom stereocenters. The first-order chi connectivity index (χ1) is 13.7. The first-order valence-corrected chi connectivity index (χ1v) is 13.0. The van der Waals surface area contributed by atoms with Crippen LogP contribution >= 0.6 is 23.5 Å². The van der Waals surface area contributed by atoms with E-state index >= 15 is 0 Å². The Hall–Kier alpha value is -0.120. The van der Waals surface area contributed by atoms with E-state index in [1.807, 2.05) is 11.8 Å². The van der Waals surface area contributed by atoms with E-state index in [4.69, 9.17) is 9.29 Å². The molecule has 1 aliphatic heterocycles. The van der Waals surface area contributed by atoms with Gasteiger partial charge in [-0.15, -0.1) is 0 Å². The smallest absolute Gasteiger partial charge is 0.394 e. The van der Waals surface area contributed by atoms with E-state index in [0.717, 1.165) is 43.2 Å². The summed E-state index contributed by atoms with van der Waals surface area (Å²) in [5.74, 6) is 1.14. The maximum Gasteiger partial charge on any atom is 0.466 e. The van der Waals surface area contributed by atoms with Crippen LogP contribution < -0.4 is 0 Å². The lowest BCUT2D eigenvalue weighted by Gasteiger charge is -2.39. The van der Waals surface area contributed by atoms with Crippen molar-refractivity contribution < 1.29 is 42.4 Å². The molecular formula is C16H31NO9S3. The van der Waals surface area contributed by atoms with Crippen LogP contribution in [0.5, 0.6) is 0 Å². The highest BCUT2D eigenvalue weighted by atomic mass is 32.3. The van der Waals surface area contributed by atoms with Crippen molar-refractivity contribution in [1.82, 2.24) is 0 Å². The average molecular weight is 478 g/mol. The summed E-state index contributed by atoms with van der Waals surface area (Å²) < 4.78 is 39.8. The van der Waals surface area contributed by atoms with Crippen LogP contribution in [0.1, 0.15) is 44.9 Å². The number of nitrogens with zero attached hydrogens (tertiary/aromatic N) is 1. The molecule has 0 aromatic rings. The third kappa shape index (κ3) is 10.6. The van der Waals surface area contributed by atoms with E-state index in [1.54, 1.807) is 0 Å². The molecule has 1 heterocycles. The summed E-state index contributed by atoms with van der Waals surface area (Å²) in [5.41, 5.74) is -1.11. The second-order valence-corrected chi connectivity index (χ2v) is 9.83. The second-order valence-electron chi connectivity index (χ2n) is 6.67. The molecule has 0 aliphatic carbocycles. The molecule has 1 aliphatic rings. The van der Waals surface area contributed by atoms with Gasteiger partial charge in [-0.25, -0.2) is 4.28 Å². The second kappa shape index (κ2) is 14.0. The number of thioether (sulfide) groups is 2. The van der Waals surface area contributed by atoms with Crippen LogP contribution in [0.25, 0.3) is 0 Å². The Kier molecular flexibility index (Phi) is 13.0. The minimum absolute atomic E-state index is 0.134. The fourth-order valence-corrected chi connectivity index (χ4v) is 4.58. The standard InChI is InChI=1S/C16H31NO9S3/c1-27-9-7-5-3-2-4-6-8-12(17-26-29(22,23)24)28-16-15(21)14(20)13(19)11(10-18)25-16/h11,13-16,18-21H,2-10H2,1H3,(H,22,23,24)/b17-12+/t11-,13-,14-,15-,16+/m0/s1. The number of oxime groups is 1. The highest BCUT2D eigenvalue weighted by molar-refractivity contribution is 8.14. The fourth-order valence-electron chi connectivity index (χ4n) is 2.74. The lowest BCUT2D eigenvalue weighted by molar-refractivity contribution is -0.205. The van der Waals surface area contributed by atoms with Gasteiger partial charge in [0, 0.05) is 0 Å². The molecule has 0 unspecified atom stereocenters.